The highest BCUT2D eigenvalue weighted by Crippen LogP contribution is 2.02. The van der Waals surface area contributed by atoms with E-state index in [1.165, 1.54) is 32.4 Å². The summed E-state index contributed by atoms with van der Waals surface area (Å²) in [6.45, 7) is 3.03. The van der Waals surface area contributed by atoms with Crippen LogP contribution in [-0.4, -0.2) is 27.3 Å². The van der Waals surface area contributed by atoms with Crippen LogP contribution in [0.1, 0.15) is 24.3 Å². The lowest BCUT2D eigenvalue weighted by molar-refractivity contribution is -0.122. The normalized spacial score (nSPS) is 10.8. The fourth-order valence-electron chi connectivity index (χ4n) is 0.826. The maximum absolute atomic E-state index is 11.5. The Balaban J connectivity index is 2.77. The van der Waals surface area contributed by atoms with Crippen LogP contribution in [0.5, 0.6) is 0 Å². The van der Waals surface area contributed by atoms with Crippen molar-refractivity contribution in [2.45, 2.75) is 19.4 Å². The second-order valence-electron chi connectivity index (χ2n) is 3.53. The zero-order valence-corrected chi connectivity index (χ0v) is 8.52. The van der Waals surface area contributed by atoms with E-state index in [9.17, 15) is 9.59 Å². The Morgan fingerprint density at radius 2 is 2.07 bits per heavy atom. The molecule has 0 aliphatic rings. The summed E-state index contributed by atoms with van der Waals surface area (Å²) >= 11 is 0. The number of nitrogens with zero attached hydrogens (tertiary/aromatic N) is 2. The first-order chi connectivity index (χ1) is 6.93. The predicted octanol–water partition coefficient (Wildman–Crippen LogP) is -0.530. The number of primary amides is 1. The number of rotatable bonds is 3. The Morgan fingerprint density at radius 3 is 2.53 bits per heavy atom. The average molecular weight is 208 g/mol. The quantitative estimate of drug-likeness (QED) is 0.697. The Morgan fingerprint density at radius 1 is 1.40 bits per heavy atom. The van der Waals surface area contributed by atoms with Gasteiger partial charge in [0.1, 0.15) is 11.2 Å². The Kier molecular flexibility index (Phi) is 2.99. The van der Waals surface area contributed by atoms with Crippen molar-refractivity contribution in [1.82, 2.24) is 15.3 Å². The molecule has 1 heterocycles. The topological polar surface area (TPSA) is 98.0 Å². The minimum Gasteiger partial charge on any atom is -0.368 e. The van der Waals surface area contributed by atoms with Gasteiger partial charge >= 0.3 is 0 Å². The number of hydrogen-bond acceptors (Lipinski definition) is 4. The molecule has 1 rings (SSSR count). The molecule has 1 aromatic rings. The first-order valence-corrected chi connectivity index (χ1v) is 4.32. The van der Waals surface area contributed by atoms with Crippen molar-refractivity contribution in [3.8, 4) is 0 Å². The molecule has 0 spiro atoms. The molecule has 0 saturated carbocycles. The Hall–Kier alpha value is -1.98. The van der Waals surface area contributed by atoms with Gasteiger partial charge in [0.25, 0.3) is 5.91 Å². The third-order valence-corrected chi connectivity index (χ3v) is 1.84. The van der Waals surface area contributed by atoms with Gasteiger partial charge in [0.05, 0.1) is 6.20 Å². The van der Waals surface area contributed by atoms with Crippen molar-refractivity contribution in [2.75, 3.05) is 0 Å². The molecule has 0 aliphatic heterocycles. The molecule has 0 bridgehead atoms. The lowest BCUT2D eigenvalue weighted by Gasteiger charge is -2.21. The van der Waals surface area contributed by atoms with E-state index in [4.69, 9.17) is 5.73 Å². The van der Waals surface area contributed by atoms with E-state index in [-0.39, 0.29) is 5.69 Å². The van der Waals surface area contributed by atoms with Crippen LogP contribution in [0.3, 0.4) is 0 Å². The molecule has 1 aromatic heterocycles. The van der Waals surface area contributed by atoms with Crippen molar-refractivity contribution < 1.29 is 9.59 Å². The van der Waals surface area contributed by atoms with Gasteiger partial charge in [-0.05, 0) is 13.8 Å². The first kappa shape index (κ1) is 11.1. The summed E-state index contributed by atoms with van der Waals surface area (Å²) in [6, 6.07) is 0. The van der Waals surface area contributed by atoms with E-state index < -0.39 is 17.4 Å². The largest absolute Gasteiger partial charge is 0.368 e. The lowest BCUT2D eigenvalue weighted by Crippen LogP contribution is -2.53. The molecular formula is C9H12N4O2. The minimum absolute atomic E-state index is 0.145. The molecule has 0 fully saturated rings. The first-order valence-electron chi connectivity index (χ1n) is 4.32. The molecule has 0 atom stereocenters. The number of carbonyl (C=O) groups excluding carboxylic acids is 2. The van der Waals surface area contributed by atoms with Crippen molar-refractivity contribution in [1.29, 1.82) is 0 Å². The average Bonchev–Trinajstić information content (AvgIpc) is 2.18. The van der Waals surface area contributed by atoms with Crippen molar-refractivity contribution >= 4 is 11.8 Å². The summed E-state index contributed by atoms with van der Waals surface area (Å²) in [5.74, 6) is -1.09. The van der Waals surface area contributed by atoms with Crippen molar-refractivity contribution in [3.05, 3.63) is 24.3 Å². The second kappa shape index (κ2) is 4.04. The maximum atomic E-state index is 11.5. The molecule has 3 N–H and O–H groups in total. The van der Waals surface area contributed by atoms with Crippen LogP contribution in [0, 0.1) is 0 Å². The molecule has 2 amide bonds. The van der Waals surface area contributed by atoms with Crippen molar-refractivity contribution in [3.63, 3.8) is 0 Å². The van der Waals surface area contributed by atoms with Crippen LogP contribution in [0.15, 0.2) is 18.6 Å². The van der Waals surface area contributed by atoms with Gasteiger partial charge in [-0.15, -0.1) is 0 Å². The predicted molar refractivity (Wildman–Crippen MR) is 52.8 cm³/mol. The summed E-state index contributed by atoms with van der Waals surface area (Å²) in [4.78, 5) is 30.0. The maximum Gasteiger partial charge on any atom is 0.272 e. The second-order valence-corrected chi connectivity index (χ2v) is 3.53. The van der Waals surface area contributed by atoms with Gasteiger partial charge in [-0.3, -0.25) is 14.6 Å². The molecular weight excluding hydrogens is 196 g/mol. The summed E-state index contributed by atoms with van der Waals surface area (Å²) in [7, 11) is 0. The van der Waals surface area contributed by atoms with Gasteiger partial charge in [0.15, 0.2) is 0 Å². The minimum atomic E-state index is -1.10. The van der Waals surface area contributed by atoms with Gasteiger partial charge in [0, 0.05) is 12.4 Å². The standard InChI is InChI=1S/C9H12N4O2/c1-9(2,8(10)15)13-7(14)6-5-11-3-4-12-6/h3-5H,1-2H3,(H2,10,15)(H,13,14). The third kappa shape index (κ3) is 2.73. The highest BCUT2D eigenvalue weighted by Gasteiger charge is 2.27. The van der Waals surface area contributed by atoms with E-state index in [1.54, 1.807) is 0 Å². The molecule has 15 heavy (non-hydrogen) atoms. The van der Waals surface area contributed by atoms with Gasteiger partial charge in [0.2, 0.25) is 5.91 Å². The number of hydrogen-bond donors (Lipinski definition) is 2. The molecule has 0 unspecified atom stereocenters. The highest BCUT2D eigenvalue weighted by atomic mass is 16.2. The van der Waals surface area contributed by atoms with Crippen LogP contribution in [-0.2, 0) is 4.79 Å². The van der Waals surface area contributed by atoms with Crippen molar-refractivity contribution in [2.24, 2.45) is 5.73 Å². The molecule has 6 heteroatoms. The Bertz CT molecular complexity index is 375. The summed E-state index contributed by atoms with van der Waals surface area (Å²) < 4.78 is 0. The fraction of sp³-hybridized carbons (Fsp3) is 0.333. The SMILES string of the molecule is CC(C)(NC(=O)c1cnccn1)C(N)=O. The van der Waals surface area contributed by atoms with E-state index in [0.717, 1.165) is 0 Å². The summed E-state index contributed by atoms with van der Waals surface area (Å²) in [5.41, 5.74) is 4.15. The van der Waals surface area contributed by atoms with Gasteiger partial charge in [-0.2, -0.15) is 0 Å². The van der Waals surface area contributed by atoms with Crippen LogP contribution >= 0.6 is 0 Å². The van der Waals surface area contributed by atoms with E-state index in [0.29, 0.717) is 0 Å². The van der Waals surface area contributed by atoms with Gasteiger partial charge in [-0.25, -0.2) is 4.98 Å². The van der Waals surface area contributed by atoms with Crippen LogP contribution < -0.4 is 11.1 Å². The number of nitrogens with two attached hydrogens (primary N) is 1. The number of nitrogens with one attached hydrogen (secondary N) is 1. The molecule has 0 radical (unpaired) electrons. The highest BCUT2D eigenvalue weighted by molar-refractivity contribution is 5.96. The van der Waals surface area contributed by atoms with E-state index >= 15 is 0 Å². The number of amides is 2. The van der Waals surface area contributed by atoms with Crippen LogP contribution in [0.2, 0.25) is 0 Å². The Labute approximate surface area is 86.9 Å². The monoisotopic (exact) mass is 208 g/mol. The summed E-state index contributed by atoms with van der Waals surface area (Å²) in [6.07, 6.45) is 4.16. The van der Waals surface area contributed by atoms with Gasteiger partial charge < -0.3 is 11.1 Å². The number of aromatic nitrogens is 2. The van der Waals surface area contributed by atoms with E-state index in [2.05, 4.69) is 15.3 Å². The molecule has 80 valence electrons. The van der Waals surface area contributed by atoms with Crippen LogP contribution in [0.25, 0.3) is 0 Å². The third-order valence-electron chi connectivity index (χ3n) is 1.84. The van der Waals surface area contributed by atoms with E-state index in [1.807, 2.05) is 0 Å². The smallest absolute Gasteiger partial charge is 0.272 e. The zero-order chi connectivity index (χ0) is 11.5. The molecule has 0 saturated heterocycles. The lowest BCUT2D eigenvalue weighted by atomic mass is 10.1. The molecule has 0 aliphatic carbocycles. The molecule has 6 nitrogen and oxygen atoms in total. The van der Waals surface area contributed by atoms with Gasteiger partial charge in [-0.1, -0.05) is 0 Å². The fourth-order valence-corrected chi connectivity index (χ4v) is 0.826. The zero-order valence-electron chi connectivity index (χ0n) is 8.52. The molecule has 0 aromatic carbocycles. The number of carbonyl (C=O) groups is 2. The van der Waals surface area contributed by atoms with Crippen LogP contribution in [0.4, 0.5) is 0 Å². The summed E-state index contributed by atoms with van der Waals surface area (Å²) in [5, 5.41) is 2.46.